The van der Waals surface area contributed by atoms with Gasteiger partial charge >= 0.3 is 5.97 Å². The van der Waals surface area contributed by atoms with E-state index < -0.39 is 12.1 Å². The van der Waals surface area contributed by atoms with Crippen LogP contribution in [-0.2, 0) is 9.53 Å². The largest absolute Gasteiger partial charge is 0.448 e. The number of aromatic nitrogens is 1. The average molecular weight is 262 g/mol. The summed E-state index contributed by atoms with van der Waals surface area (Å²) in [4.78, 5) is 27.5. The summed E-state index contributed by atoms with van der Waals surface area (Å²) in [5.41, 5.74) is 0.211. The molecular formula is C14H18N2O3. The number of hydrogen-bond donors (Lipinski definition) is 1. The molecule has 1 fully saturated rings. The highest BCUT2D eigenvalue weighted by atomic mass is 16.5. The monoisotopic (exact) mass is 262 g/mol. The zero-order valence-corrected chi connectivity index (χ0v) is 11.0. The van der Waals surface area contributed by atoms with E-state index in [2.05, 4.69) is 10.3 Å². The van der Waals surface area contributed by atoms with Crippen LogP contribution in [0.1, 0.15) is 43.1 Å². The lowest BCUT2D eigenvalue weighted by Gasteiger charge is -2.16. The first-order valence-electron chi connectivity index (χ1n) is 6.59. The summed E-state index contributed by atoms with van der Waals surface area (Å²) in [5.74, 6) is -0.814. The molecule has 0 aromatic carbocycles. The number of nitrogens with one attached hydrogen (secondary N) is 1. The molecular weight excluding hydrogens is 244 g/mol. The number of esters is 1. The summed E-state index contributed by atoms with van der Waals surface area (Å²) in [6.07, 6.45) is 5.02. The van der Waals surface area contributed by atoms with Crippen molar-refractivity contribution in [2.75, 3.05) is 0 Å². The minimum Gasteiger partial charge on any atom is -0.448 e. The van der Waals surface area contributed by atoms with Crippen LogP contribution in [0.4, 0.5) is 0 Å². The topological polar surface area (TPSA) is 68.3 Å². The molecule has 19 heavy (non-hydrogen) atoms. The minimum atomic E-state index is -0.796. The lowest BCUT2D eigenvalue weighted by molar-refractivity contribution is -0.129. The second-order valence-corrected chi connectivity index (χ2v) is 4.75. The molecule has 0 radical (unpaired) electrons. The highest BCUT2D eigenvalue weighted by molar-refractivity contribution is 5.90. The smallest absolute Gasteiger partial charge is 0.357 e. The van der Waals surface area contributed by atoms with Gasteiger partial charge in [0.05, 0.1) is 0 Å². The summed E-state index contributed by atoms with van der Waals surface area (Å²) in [7, 11) is 0. The predicted molar refractivity (Wildman–Crippen MR) is 69.5 cm³/mol. The maximum atomic E-state index is 11.9. The molecule has 1 aliphatic rings. The molecule has 1 amide bonds. The van der Waals surface area contributed by atoms with Gasteiger partial charge in [0, 0.05) is 12.2 Å². The number of ether oxygens (including phenoxy) is 1. The second-order valence-electron chi connectivity index (χ2n) is 4.75. The first kappa shape index (κ1) is 13.5. The molecule has 2 rings (SSSR count). The molecule has 0 saturated heterocycles. The van der Waals surface area contributed by atoms with Crippen molar-refractivity contribution in [3.63, 3.8) is 0 Å². The van der Waals surface area contributed by atoms with Crippen LogP contribution >= 0.6 is 0 Å². The molecule has 1 atom stereocenters. The molecule has 1 saturated carbocycles. The lowest BCUT2D eigenvalue weighted by Crippen LogP contribution is -2.40. The fourth-order valence-corrected chi connectivity index (χ4v) is 2.15. The molecule has 0 bridgehead atoms. The molecule has 0 unspecified atom stereocenters. The van der Waals surface area contributed by atoms with E-state index in [4.69, 9.17) is 4.74 Å². The van der Waals surface area contributed by atoms with E-state index in [-0.39, 0.29) is 17.6 Å². The zero-order valence-electron chi connectivity index (χ0n) is 11.0. The van der Waals surface area contributed by atoms with Gasteiger partial charge in [-0.15, -0.1) is 0 Å². The summed E-state index contributed by atoms with van der Waals surface area (Å²) in [6, 6.07) is 5.20. The van der Waals surface area contributed by atoms with E-state index in [1.165, 1.54) is 6.20 Å². The minimum absolute atomic E-state index is 0.211. The predicted octanol–water partition coefficient (Wildman–Crippen LogP) is 1.69. The number of amides is 1. The standard InChI is InChI=1S/C14H18N2O3/c1-10(13(17)16-11-6-2-3-7-11)19-14(18)12-8-4-5-9-15-12/h4-5,8-11H,2-3,6-7H2,1H3,(H,16,17)/t10-/m1/s1. The van der Waals surface area contributed by atoms with Crippen LogP contribution < -0.4 is 5.32 Å². The number of nitrogens with zero attached hydrogens (tertiary/aromatic N) is 1. The number of carbonyl (C=O) groups excluding carboxylic acids is 2. The van der Waals surface area contributed by atoms with Crippen molar-refractivity contribution in [2.24, 2.45) is 0 Å². The van der Waals surface area contributed by atoms with Crippen molar-refractivity contribution in [1.29, 1.82) is 0 Å². The van der Waals surface area contributed by atoms with Crippen molar-refractivity contribution in [1.82, 2.24) is 10.3 Å². The van der Waals surface area contributed by atoms with E-state index in [1.807, 2.05) is 0 Å². The van der Waals surface area contributed by atoms with Gasteiger partial charge in [-0.1, -0.05) is 18.9 Å². The molecule has 5 heteroatoms. The van der Waals surface area contributed by atoms with Gasteiger partial charge in [0.1, 0.15) is 5.69 Å². The Balaban J connectivity index is 1.84. The normalized spacial score (nSPS) is 16.9. The Morgan fingerprint density at radius 2 is 2.11 bits per heavy atom. The van der Waals surface area contributed by atoms with Gasteiger partial charge in [-0.2, -0.15) is 0 Å². The number of carbonyl (C=O) groups is 2. The van der Waals surface area contributed by atoms with Crippen molar-refractivity contribution in [3.8, 4) is 0 Å². The average Bonchev–Trinajstić information content (AvgIpc) is 2.92. The molecule has 1 heterocycles. The van der Waals surface area contributed by atoms with Crippen LogP contribution in [-0.4, -0.2) is 29.0 Å². The number of pyridine rings is 1. The summed E-state index contributed by atoms with van der Waals surface area (Å²) in [5, 5.41) is 2.90. The van der Waals surface area contributed by atoms with Gasteiger partial charge in [-0.25, -0.2) is 9.78 Å². The fourth-order valence-electron chi connectivity index (χ4n) is 2.15. The van der Waals surface area contributed by atoms with E-state index in [1.54, 1.807) is 25.1 Å². The Hall–Kier alpha value is -1.91. The number of rotatable bonds is 4. The van der Waals surface area contributed by atoms with Crippen LogP contribution in [0, 0.1) is 0 Å². The van der Waals surface area contributed by atoms with E-state index in [0.717, 1.165) is 25.7 Å². The van der Waals surface area contributed by atoms with Gasteiger partial charge < -0.3 is 10.1 Å². The summed E-state index contributed by atoms with van der Waals surface area (Å²) in [6.45, 7) is 1.57. The molecule has 1 aliphatic carbocycles. The Labute approximate surface area is 112 Å². The molecule has 0 spiro atoms. The van der Waals surface area contributed by atoms with Gasteiger partial charge in [0.2, 0.25) is 0 Å². The first-order valence-corrected chi connectivity index (χ1v) is 6.59. The Bertz CT molecular complexity index is 441. The highest BCUT2D eigenvalue weighted by Gasteiger charge is 2.23. The summed E-state index contributed by atoms with van der Waals surface area (Å²) >= 11 is 0. The SMILES string of the molecule is C[C@@H](OC(=O)c1ccccn1)C(=O)NC1CCCC1. The Morgan fingerprint density at radius 3 is 2.74 bits per heavy atom. The lowest BCUT2D eigenvalue weighted by atomic mass is 10.2. The van der Waals surface area contributed by atoms with Gasteiger partial charge in [0.25, 0.3) is 5.91 Å². The van der Waals surface area contributed by atoms with Crippen LogP contribution in [0.3, 0.4) is 0 Å². The van der Waals surface area contributed by atoms with E-state index >= 15 is 0 Å². The van der Waals surface area contributed by atoms with E-state index in [9.17, 15) is 9.59 Å². The highest BCUT2D eigenvalue weighted by Crippen LogP contribution is 2.17. The van der Waals surface area contributed by atoms with Gasteiger partial charge in [0.15, 0.2) is 6.10 Å². The fraction of sp³-hybridized carbons (Fsp3) is 0.500. The van der Waals surface area contributed by atoms with Gasteiger partial charge in [-0.05, 0) is 31.9 Å². The van der Waals surface area contributed by atoms with E-state index in [0.29, 0.717) is 0 Å². The molecule has 1 N–H and O–H groups in total. The molecule has 0 aliphatic heterocycles. The first-order chi connectivity index (χ1) is 9.16. The molecule has 1 aromatic heterocycles. The van der Waals surface area contributed by atoms with Crippen molar-refractivity contribution < 1.29 is 14.3 Å². The van der Waals surface area contributed by atoms with Crippen LogP contribution in [0.2, 0.25) is 0 Å². The Morgan fingerprint density at radius 1 is 1.37 bits per heavy atom. The van der Waals surface area contributed by atoms with Crippen LogP contribution in [0.25, 0.3) is 0 Å². The maximum Gasteiger partial charge on any atom is 0.357 e. The zero-order chi connectivity index (χ0) is 13.7. The van der Waals surface area contributed by atoms with Crippen molar-refractivity contribution in [2.45, 2.75) is 44.8 Å². The number of hydrogen-bond acceptors (Lipinski definition) is 4. The molecule has 1 aromatic rings. The van der Waals surface area contributed by atoms with Crippen molar-refractivity contribution in [3.05, 3.63) is 30.1 Å². The molecule has 5 nitrogen and oxygen atoms in total. The third-order valence-corrected chi connectivity index (χ3v) is 3.23. The van der Waals surface area contributed by atoms with Gasteiger partial charge in [-0.3, -0.25) is 4.79 Å². The molecule has 102 valence electrons. The van der Waals surface area contributed by atoms with Crippen LogP contribution in [0.5, 0.6) is 0 Å². The third kappa shape index (κ3) is 3.77. The second kappa shape index (κ2) is 6.31. The Kier molecular flexibility index (Phi) is 4.49. The quantitative estimate of drug-likeness (QED) is 0.838. The maximum absolute atomic E-state index is 11.9. The van der Waals surface area contributed by atoms with Crippen molar-refractivity contribution >= 4 is 11.9 Å². The van der Waals surface area contributed by atoms with Crippen LogP contribution in [0.15, 0.2) is 24.4 Å². The third-order valence-electron chi connectivity index (χ3n) is 3.23. The summed E-state index contributed by atoms with van der Waals surface area (Å²) < 4.78 is 5.10.